The smallest absolute Gasteiger partial charge is 0.155 e. The van der Waals surface area contributed by atoms with Crippen LogP contribution < -0.4 is 9.47 Å². The number of furan rings is 1. The van der Waals surface area contributed by atoms with E-state index in [1.54, 1.807) is 23.0 Å². The van der Waals surface area contributed by atoms with Gasteiger partial charge in [0, 0.05) is 22.6 Å². The van der Waals surface area contributed by atoms with E-state index >= 15 is 0 Å². The van der Waals surface area contributed by atoms with Crippen LogP contribution in [-0.2, 0) is 13.0 Å². The van der Waals surface area contributed by atoms with Gasteiger partial charge in [-0.3, -0.25) is 0 Å². The predicted molar refractivity (Wildman–Crippen MR) is 145 cm³/mol. The van der Waals surface area contributed by atoms with Crippen LogP contribution in [0.4, 0.5) is 0 Å². The molecule has 0 aliphatic rings. The van der Waals surface area contributed by atoms with Crippen molar-refractivity contribution in [2.75, 3.05) is 7.11 Å². The van der Waals surface area contributed by atoms with Crippen LogP contribution in [0.15, 0.2) is 65.2 Å². The number of hydrogen-bond donors (Lipinski definition) is 0. The fraction of sp³-hybridized carbons (Fsp3) is 0.207. The zero-order valence-electron chi connectivity index (χ0n) is 21.1. The van der Waals surface area contributed by atoms with Crippen molar-refractivity contribution < 1.29 is 13.9 Å². The largest absolute Gasteiger partial charge is 0.496 e. The van der Waals surface area contributed by atoms with Gasteiger partial charge < -0.3 is 13.9 Å². The Morgan fingerprint density at radius 3 is 2.76 bits per heavy atom. The van der Waals surface area contributed by atoms with E-state index in [0.29, 0.717) is 35.1 Å². The predicted octanol–water partition coefficient (Wildman–Crippen LogP) is 7.03. The molecule has 0 spiro atoms. The highest BCUT2D eigenvalue weighted by Crippen LogP contribution is 2.37. The van der Waals surface area contributed by atoms with E-state index in [-0.39, 0.29) is 0 Å². The van der Waals surface area contributed by atoms with Gasteiger partial charge in [-0.25, -0.2) is 14.5 Å². The molecule has 0 fully saturated rings. The maximum absolute atomic E-state index is 6.31. The van der Waals surface area contributed by atoms with Gasteiger partial charge in [-0.1, -0.05) is 25.1 Å². The number of hydrogen-bond acceptors (Lipinski definition) is 7. The Hall–Kier alpha value is -4.17. The van der Waals surface area contributed by atoms with Gasteiger partial charge in [0.15, 0.2) is 11.4 Å². The molecule has 0 saturated heterocycles. The third-order valence-corrected chi connectivity index (χ3v) is 7.42. The monoisotopic (exact) mass is 510 g/mol. The summed E-state index contributed by atoms with van der Waals surface area (Å²) in [6, 6.07) is 18.1. The van der Waals surface area contributed by atoms with Gasteiger partial charge >= 0.3 is 0 Å². The molecular weight excluding hydrogens is 484 g/mol. The number of imidazole rings is 1. The lowest BCUT2D eigenvalue weighted by Gasteiger charge is -2.08. The number of thiazole rings is 1. The molecule has 4 heterocycles. The summed E-state index contributed by atoms with van der Waals surface area (Å²) in [6.45, 7) is 6.54. The summed E-state index contributed by atoms with van der Waals surface area (Å²) in [5.41, 5.74) is 6.40. The molecule has 186 valence electrons. The van der Waals surface area contributed by atoms with Crippen molar-refractivity contribution in [1.29, 1.82) is 0 Å². The van der Waals surface area contributed by atoms with Crippen LogP contribution >= 0.6 is 11.3 Å². The lowest BCUT2D eigenvalue weighted by molar-refractivity contribution is 0.303. The van der Waals surface area contributed by atoms with Gasteiger partial charge in [-0.15, -0.1) is 11.3 Å². The molecule has 0 aliphatic heterocycles. The molecular formula is C29H26N4O3S. The number of ether oxygens (including phenoxy) is 2. The average Bonchev–Trinajstić information content (AvgIpc) is 3.63. The molecule has 0 atom stereocenters. The molecule has 37 heavy (non-hydrogen) atoms. The number of rotatable bonds is 7. The first-order chi connectivity index (χ1) is 18.0. The van der Waals surface area contributed by atoms with E-state index in [1.807, 2.05) is 43.5 Å². The summed E-state index contributed by atoms with van der Waals surface area (Å²) in [4.78, 5) is 10.7. The number of methoxy groups -OCH3 is 1. The zero-order chi connectivity index (χ0) is 25.5. The Balaban J connectivity index is 1.32. The summed E-state index contributed by atoms with van der Waals surface area (Å²) < 4.78 is 19.8. The first-order valence-corrected chi connectivity index (χ1v) is 13.0. The molecule has 0 bridgehead atoms. The third-order valence-electron chi connectivity index (χ3n) is 6.35. The van der Waals surface area contributed by atoms with Crippen LogP contribution in [-0.4, -0.2) is 26.7 Å². The van der Waals surface area contributed by atoms with E-state index in [1.165, 1.54) is 5.56 Å². The van der Waals surface area contributed by atoms with Gasteiger partial charge in [-0.2, -0.15) is 5.10 Å². The van der Waals surface area contributed by atoms with Crippen LogP contribution in [0, 0.1) is 13.8 Å². The highest BCUT2D eigenvalue weighted by atomic mass is 32.1. The van der Waals surface area contributed by atoms with Gasteiger partial charge in [0.25, 0.3) is 0 Å². The van der Waals surface area contributed by atoms with Crippen molar-refractivity contribution >= 4 is 28.0 Å². The Morgan fingerprint density at radius 2 is 1.92 bits per heavy atom. The van der Waals surface area contributed by atoms with Crippen LogP contribution in [0.25, 0.3) is 38.6 Å². The molecule has 4 aromatic heterocycles. The minimum atomic E-state index is 0.343. The molecule has 6 aromatic rings. The van der Waals surface area contributed by atoms with Gasteiger partial charge in [0.1, 0.15) is 34.4 Å². The zero-order valence-corrected chi connectivity index (χ0v) is 21.9. The first kappa shape index (κ1) is 23.2. The Kier molecular flexibility index (Phi) is 5.88. The minimum absolute atomic E-state index is 0.343. The number of aromatic nitrogens is 4. The highest BCUT2D eigenvalue weighted by molar-refractivity contribution is 7.15. The summed E-state index contributed by atoms with van der Waals surface area (Å²) in [5.74, 6) is 1.96. The summed E-state index contributed by atoms with van der Waals surface area (Å²) in [7, 11) is 1.63. The second kappa shape index (κ2) is 9.37. The molecule has 0 N–H and O–H groups in total. The first-order valence-electron chi connectivity index (χ1n) is 12.1. The fourth-order valence-electron chi connectivity index (χ4n) is 4.30. The standard InChI is InChI=1S/C29H26N4O3S/c1-5-19-7-6-8-20(11-19)29-31-24(18(3)37-29)16-35-25-12-21(34-4)13-26-22(25)14-27(36-26)23-15-33-28(30-23)10-9-17(2)32-33/h6-15H,5,16H2,1-4H3. The molecule has 0 saturated carbocycles. The van der Waals surface area contributed by atoms with Crippen LogP contribution in [0.5, 0.6) is 11.5 Å². The molecule has 0 radical (unpaired) electrons. The van der Waals surface area contributed by atoms with Crippen LogP contribution in [0.3, 0.4) is 0 Å². The van der Waals surface area contributed by atoms with Crippen molar-refractivity contribution in [2.45, 2.75) is 33.8 Å². The lowest BCUT2D eigenvalue weighted by atomic mass is 10.1. The maximum atomic E-state index is 6.31. The van der Waals surface area contributed by atoms with E-state index in [4.69, 9.17) is 18.9 Å². The minimum Gasteiger partial charge on any atom is -0.496 e. The molecule has 8 heteroatoms. The van der Waals surface area contributed by atoms with Crippen molar-refractivity contribution in [1.82, 2.24) is 19.6 Å². The fourth-order valence-corrected chi connectivity index (χ4v) is 5.21. The van der Waals surface area contributed by atoms with E-state index in [0.717, 1.165) is 44.3 Å². The summed E-state index contributed by atoms with van der Waals surface area (Å²) in [6.07, 6.45) is 2.86. The van der Waals surface area contributed by atoms with Gasteiger partial charge in [-0.05, 0) is 50.1 Å². The second-order valence-corrected chi connectivity index (χ2v) is 10.1. The quantitative estimate of drug-likeness (QED) is 0.229. The van der Waals surface area contributed by atoms with Crippen molar-refractivity contribution in [3.05, 3.63) is 82.6 Å². The van der Waals surface area contributed by atoms with Gasteiger partial charge in [0.2, 0.25) is 0 Å². The topological polar surface area (TPSA) is 74.7 Å². The summed E-state index contributed by atoms with van der Waals surface area (Å²) >= 11 is 1.69. The van der Waals surface area contributed by atoms with E-state index in [9.17, 15) is 0 Å². The lowest BCUT2D eigenvalue weighted by Crippen LogP contribution is -1.98. The normalized spacial score (nSPS) is 11.5. The number of aryl methyl sites for hydroxylation is 3. The van der Waals surface area contributed by atoms with E-state index < -0.39 is 0 Å². The Labute approximate surface area is 218 Å². The van der Waals surface area contributed by atoms with Crippen molar-refractivity contribution in [3.63, 3.8) is 0 Å². The van der Waals surface area contributed by atoms with Crippen molar-refractivity contribution in [2.24, 2.45) is 0 Å². The number of fused-ring (bicyclic) bond motifs is 2. The SMILES string of the molecule is CCc1cccc(-c2nc(COc3cc(OC)cc4oc(-c5cn6nc(C)ccc6n5)cc34)c(C)s2)c1. The summed E-state index contributed by atoms with van der Waals surface area (Å²) in [5, 5.41) is 6.34. The molecule has 0 aliphatic carbocycles. The molecule has 2 aromatic carbocycles. The average molecular weight is 511 g/mol. The number of benzene rings is 2. The Bertz CT molecular complexity index is 1750. The van der Waals surface area contributed by atoms with Crippen LogP contribution in [0.2, 0.25) is 0 Å². The van der Waals surface area contributed by atoms with Crippen molar-refractivity contribution in [3.8, 4) is 33.5 Å². The molecule has 0 amide bonds. The third kappa shape index (κ3) is 4.44. The maximum Gasteiger partial charge on any atom is 0.155 e. The second-order valence-electron chi connectivity index (χ2n) is 8.92. The molecule has 7 nitrogen and oxygen atoms in total. The van der Waals surface area contributed by atoms with E-state index in [2.05, 4.69) is 48.2 Å². The van der Waals surface area contributed by atoms with Gasteiger partial charge in [0.05, 0.1) is 30.1 Å². The van der Waals surface area contributed by atoms with Crippen LogP contribution in [0.1, 0.15) is 28.8 Å². The molecule has 6 rings (SSSR count). The Morgan fingerprint density at radius 1 is 1.03 bits per heavy atom. The highest BCUT2D eigenvalue weighted by Gasteiger charge is 2.17. The molecule has 0 unspecified atom stereocenters. The number of nitrogens with zero attached hydrogens (tertiary/aromatic N) is 4.